The number of rotatable bonds is 3. The molecule has 0 fully saturated rings. The Kier molecular flexibility index (Phi) is 3.99. The second-order valence-electron chi connectivity index (χ2n) is 3.79. The number of carbonyl (C=O) groups excluding carboxylic acids is 1. The van der Waals surface area contributed by atoms with Crippen molar-refractivity contribution in [3.63, 3.8) is 0 Å². The molecule has 1 rings (SSSR count). The number of carbonyl (C=O) groups is 1. The molecule has 0 heterocycles. The molecule has 4 heteroatoms. The van der Waals surface area contributed by atoms with Crippen LogP contribution in [0.4, 0.5) is 8.78 Å². The fourth-order valence-electron chi connectivity index (χ4n) is 1.57. The van der Waals surface area contributed by atoms with Crippen molar-refractivity contribution in [2.24, 2.45) is 0 Å². The maximum absolute atomic E-state index is 13.4. The average Bonchev–Trinajstić information content (AvgIpc) is 2.22. The van der Waals surface area contributed by atoms with Gasteiger partial charge in [0.1, 0.15) is 0 Å². The van der Waals surface area contributed by atoms with Crippen LogP contribution < -0.4 is 0 Å². The summed E-state index contributed by atoms with van der Waals surface area (Å²) in [6, 6.07) is 3.59. The second kappa shape index (κ2) is 5.05. The van der Waals surface area contributed by atoms with Gasteiger partial charge in [-0.15, -0.1) is 0 Å². The third kappa shape index (κ3) is 2.38. The van der Waals surface area contributed by atoms with Gasteiger partial charge in [-0.1, -0.05) is 6.07 Å². The van der Waals surface area contributed by atoms with Gasteiger partial charge in [0.2, 0.25) is 0 Å². The topological polar surface area (TPSA) is 20.3 Å². The zero-order chi connectivity index (χ0) is 12.3. The molecule has 1 aromatic rings. The van der Waals surface area contributed by atoms with E-state index in [4.69, 9.17) is 0 Å². The van der Waals surface area contributed by atoms with Crippen LogP contribution in [0.1, 0.15) is 31.1 Å². The quantitative estimate of drug-likeness (QED) is 0.777. The summed E-state index contributed by atoms with van der Waals surface area (Å²) >= 11 is 0. The first-order valence-electron chi connectivity index (χ1n) is 5.24. The minimum atomic E-state index is -1.08. The normalized spacial score (nSPS) is 10.6. The van der Waals surface area contributed by atoms with Crippen LogP contribution in [0.5, 0.6) is 0 Å². The van der Waals surface area contributed by atoms with Crippen molar-refractivity contribution in [1.82, 2.24) is 4.90 Å². The lowest BCUT2D eigenvalue weighted by Gasteiger charge is -2.25. The van der Waals surface area contributed by atoms with Crippen LogP contribution in [0.2, 0.25) is 0 Å². The average molecular weight is 227 g/mol. The molecule has 0 N–H and O–H groups in total. The third-order valence-electron chi connectivity index (χ3n) is 2.41. The van der Waals surface area contributed by atoms with Crippen LogP contribution in [0.3, 0.4) is 0 Å². The number of benzene rings is 1. The van der Waals surface area contributed by atoms with Gasteiger partial charge in [-0.2, -0.15) is 0 Å². The summed E-state index contributed by atoms with van der Waals surface area (Å²) < 4.78 is 26.4. The van der Waals surface area contributed by atoms with E-state index in [1.54, 1.807) is 6.92 Å². The molecule has 0 bridgehead atoms. The van der Waals surface area contributed by atoms with Crippen molar-refractivity contribution in [3.8, 4) is 0 Å². The van der Waals surface area contributed by atoms with Crippen molar-refractivity contribution < 1.29 is 13.6 Å². The summed E-state index contributed by atoms with van der Waals surface area (Å²) in [5, 5.41) is 0. The highest BCUT2D eigenvalue weighted by atomic mass is 19.2. The predicted octanol–water partition coefficient (Wildman–Crippen LogP) is 2.84. The lowest BCUT2D eigenvalue weighted by Crippen LogP contribution is -2.37. The van der Waals surface area contributed by atoms with Crippen molar-refractivity contribution in [1.29, 1.82) is 0 Å². The number of halogens is 2. The Morgan fingerprint density at radius 1 is 1.38 bits per heavy atom. The van der Waals surface area contributed by atoms with Crippen molar-refractivity contribution >= 4 is 5.91 Å². The number of hydrogen-bond donors (Lipinski definition) is 0. The van der Waals surface area contributed by atoms with E-state index in [0.717, 1.165) is 6.07 Å². The molecule has 0 atom stereocenters. The molecule has 1 amide bonds. The lowest BCUT2D eigenvalue weighted by molar-refractivity contribution is 0.0711. The molecule has 2 nitrogen and oxygen atoms in total. The zero-order valence-corrected chi connectivity index (χ0v) is 9.63. The van der Waals surface area contributed by atoms with Gasteiger partial charge < -0.3 is 4.90 Å². The van der Waals surface area contributed by atoms with E-state index in [2.05, 4.69) is 0 Å². The van der Waals surface area contributed by atoms with Crippen LogP contribution in [-0.4, -0.2) is 23.4 Å². The Morgan fingerprint density at radius 2 is 2.00 bits per heavy atom. The molecule has 0 aliphatic heterocycles. The van der Waals surface area contributed by atoms with Gasteiger partial charge in [0.15, 0.2) is 11.6 Å². The van der Waals surface area contributed by atoms with E-state index in [0.29, 0.717) is 6.54 Å². The highest BCUT2D eigenvalue weighted by Crippen LogP contribution is 2.15. The van der Waals surface area contributed by atoms with Crippen LogP contribution in [0, 0.1) is 11.6 Å². The lowest BCUT2D eigenvalue weighted by atomic mass is 10.1. The smallest absolute Gasteiger partial charge is 0.257 e. The predicted molar refractivity (Wildman–Crippen MR) is 58.2 cm³/mol. The Bertz CT molecular complexity index is 391. The highest BCUT2D eigenvalue weighted by Gasteiger charge is 2.21. The summed E-state index contributed by atoms with van der Waals surface area (Å²) in [5.41, 5.74) is -0.212. The van der Waals surface area contributed by atoms with E-state index in [9.17, 15) is 13.6 Å². The molecular weight excluding hydrogens is 212 g/mol. The van der Waals surface area contributed by atoms with Gasteiger partial charge in [0.25, 0.3) is 5.91 Å². The minimum absolute atomic E-state index is 0.0415. The van der Waals surface area contributed by atoms with Crippen LogP contribution in [0.25, 0.3) is 0 Å². The van der Waals surface area contributed by atoms with Gasteiger partial charge in [-0.3, -0.25) is 4.79 Å². The largest absolute Gasteiger partial charge is 0.336 e. The maximum atomic E-state index is 13.4. The molecule has 0 radical (unpaired) electrons. The molecule has 16 heavy (non-hydrogen) atoms. The first-order valence-corrected chi connectivity index (χ1v) is 5.24. The number of nitrogens with zero attached hydrogens (tertiary/aromatic N) is 1. The monoisotopic (exact) mass is 227 g/mol. The van der Waals surface area contributed by atoms with Crippen LogP contribution >= 0.6 is 0 Å². The van der Waals surface area contributed by atoms with E-state index in [-0.39, 0.29) is 11.6 Å². The summed E-state index contributed by atoms with van der Waals surface area (Å²) in [7, 11) is 0. The standard InChI is InChI=1S/C12H15F2NO/c1-4-15(8(2)3)12(16)9-6-5-7-10(13)11(9)14/h5-8H,4H2,1-3H3. The Hall–Kier alpha value is -1.45. The molecule has 0 unspecified atom stereocenters. The zero-order valence-electron chi connectivity index (χ0n) is 9.63. The summed E-state index contributed by atoms with van der Waals surface area (Å²) in [6.07, 6.45) is 0. The first-order chi connectivity index (χ1) is 7.49. The Balaban J connectivity index is 3.09. The van der Waals surface area contributed by atoms with Gasteiger partial charge in [0, 0.05) is 12.6 Å². The molecule has 0 aliphatic carbocycles. The molecular formula is C12H15F2NO. The SMILES string of the molecule is CCN(C(=O)c1cccc(F)c1F)C(C)C. The maximum Gasteiger partial charge on any atom is 0.257 e. The second-order valence-corrected chi connectivity index (χ2v) is 3.79. The van der Waals surface area contributed by atoms with Gasteiger partial charge in [0.05, 0.1) is 5.56 Å². The Labute approximate surface area is 93.9 Å². The van der Waals surface area contributed by atoms with E-state index in [1.165, 1.54) is 17.0 Å². The van der Waals surface area contributed by atoms with Crippen LogP contribution in [0.15, 0.2) is 18.2 Å². The minimum Gasteiger partial charge on any atom is -0.336 e. The molecule has 0 saturated carbocycles. The Morgan fingerprint density at radius 3 is 2.50 bits per heavy atom. The van der Waals surface area contributed by atoms with Crippen molar-refractivity contribution in [3.05, 3.63) is 35.4 Å². The molecule has 88 valence electrons. The fraction of sp³-hybridized carbons (Fsp3) is 0.417. The van der Waals surface area contributed by atoms with E-state index >= 15 is 0 Å². The fourth-order valence-corrected chi connectivity index (χ4v) is 1.57. The highest BCUT2D eigenvalue weighted by molar-refractivity contribution is 5.94. The van der Waals surface area contributed by atoms with Crippen molar-refractivity contribution in [2.45, 2.75) is 26.8 Å². The van der Waals surface area contributed by atoms with Crippen LogP contribution in [-0.2, 0) is 0 Å². The number of amides is 1. The summed E-state index contributed by atoms with van der Waals surface area (Å²) in [4.78, 5) is 13.4. The van der Waals surface area contributed by atoms with Gasteiger partial charge in [-0.05, 0) is 32.9 Å². The van der Waals surface area contributed by atoms with E-state index < -0.39 is 17.5 Å². The molecule has 0 aromatic heterocycles. The third-order valence-corrected chi connectivity index (χ3v) is 2.41. The van der Waals surface area contributed by atoms with Gasteiger partial charge >= 0.3 is 0 Å². The summed E-state index contributed by atoms with van der Waals surface area (Å²) in [6.45, 7) is 5.93. The first kappa shape index (κ1) is 12.6. The summed E-state index contributed by atoms with van der Waals surface area (Å²) in [5.74, 6) is -2.55. The molecule has 1 aromatic carbocycles. The van der Waals surface area contributed by atoms with E-state index in [1.807, 2.05) is 13.8 Å². The molecule has 0 aliphatic rings. The number of hydrogen-bond acceptors (Lipinski definition) is 1. The molecule has 0 saturated heterocycles. The van der Waals surface area contributed by atoms with Crippen molar-refractivity contribution in [2.75, 3.05) is 6.54 Å². The molecule has 0 spiro atoms. The van der Waals surface area contributed by atoms with Gasteiger partial charge in [-0.25, -0.2) is 8.78 Å².